The summed E-state index contributed by atoms with van der Waals surface area (Å²) in [6.07, 6.45) is 5.08. The van der Waals surface area contributed by atoms with Crippen LogP contribution in [0.15, 0.2) is 22.9 Å². The van der Waals surface area contributed by atoms with E-state index in [0.29, 0.717) is 16.1 Å². The third-order valence-electron chi connectivity index (χ3n) is 5.93. The summed E-state index contributed by atoms with van der Waals surface area (Å²) in [4.78, 5) is 16.3. The first-order valence-electron chi connectivity index (χ1n) is 7.17. The van der Waals surface area contributed by atoms with E-state index in [1.807, 2.05) is 0 Å². The molecular formula is C16H20BrNO2. The molecule has 2 aliphatic carbocycles. The predicted octanol–water partition coefficient (Wildman–Crippen LogP) is 4.22. The Hall–Kier alpha value is -0.900. The SMILES string of the molecule is CC1(C)C2CCC1(C)C(OC(=O)c1ccnc(Br)c1)C2. The third-order valence-corrected chi connectivity index (χ3v) is 6.36. The maximum atomic E-state index is 12.3. The topological polar surface area (TPSA) is 39.2 Å². The van der Waals surface area contributed by atoms with Crippen LogP contribution in [0.25, 0.3) is 0 Å². The van der Waals surface area contributed by atoms with Gasteiger partial charge in [-0.2, -0.15) is 0 Å². The highest BCUT2D eigenvalue weighted by molar-refractivity contribution is 9.10. The van der Waals surface area contributed by atoms with Crippen molar-refractivity contribution < 1.29 is 9.53 Å². The quantitative estimate of drug-likeness (QED) is 0.599. The molecule has 3 rings (SSSR count). The molecule has 0 saturated heterocycles. The molecule has 1 aromatic heterocycles. The molecule has 1 heterocycles. The molecule has 108 valence electrons. The predicted molar refractivity (Wildman–Crippen MR) is 80.4 cm³/mol. The lowest BCUT2D eigenvalue weighted by molar-refractivity contribution is -0.0242. The Morgan fingerprint density at radius 2 is 2.20 bits per heavy atom. The fraction of sp³-hybridized carbons (Fsp3) is 0.625. The van der Waals surface area contributed by atoms with E-state index in [1.165, 1.54) is 6.42 Å². The normalized spacial score (nSPS) is 34.2. The van der Waals surface area contributed by atoms with Crippen molar-refractivity contribution in [3.63, 3.8) is 0 Å². The number of hydrogen-bond acceptors (Lipinski definition) is 3. The molecule has 2 saturated carbocycles. The Labute approximate surface area is 128 Å². The summed E-state index contributed by atoms with van der Waals surface area (Å²) in [5.74, 6) is 0.442. The van der Waals surface area contributed by atoms with Gasteiger partial charge in [-0.1, -0.05) is 20.8 Å². The van der Waals surface area contributed by atoms with Crippen LogP contribution in [0, 0.1) is 16.7 Å². The Balaban J connectivity index is 1.78. The minimum absolute atomic E-state index is 0.0377. The van der Waals surface area contributed by atoms with E-state index in [2.05, 4.69) is 41.7 Å². The second-order valence-electron chi connectivity index (χ2n) is 6.87. The number of nitrogens with zero attached hydrogens (tertiary/aromatic N) is 1. The standard InChI is InChI=1S/C16H20BrNO2/c1-15(2)11-4-6-16(15,3)12(9-11)20-14(19)10-5-7-18-13(17)8-10/h5,7-8,11-12H,4,6,9H2,1-3H3. The van der Waals surface area contributed by atoms with Crippen LogP contribution in [0.5, 0.6) is 0 Å². The van der Waals surface area contributed by atoms with E-state index in [1.54, 1.807) is 18.3 Å². The van der Waals surface area contributed by atoms with Crippen LogP contribution in [-0.4, -0.2) is 17.1 Å². The molecule has 20 heavy (non-hydrogen) atoms. The Morgan fingerprint density at radius 1 is 1.45 bits per heavy atom. The molecule has 3 nitrogen and oxygen atoms in total. The van der Waals surface area contributed by atoms with Crippen LogP contribution in [0.1, 0.15) is 50.4 Å². The molecule has 0 aromatic carbocycles. The summed E-state index contributed by atoms with van der Waals surface area (Å²) in [6.45, 7) is 6.92. The van der Waals surface area contributed by atoms with Crippen LogP contribution in [-0.2, 0) is 4.74 Å². The monoisotopic (exact) mass is 337 g/mol. The second kappa shape index (κ2) is 4.55. The molecular weight excluding hydrogens is 318 g/mol. The minimum atomic E-state index is -0.234. The minimum Gasteiger partial charge on any atom is -0.458 e. The van der Waals surface area contributed by atoms with Gasteiger partial charge in [-0.15, -0.1) is 0 Å². The van der Waals surface area contributed by atoms with Gasteiger partial charge in [-0.25, -0.2) is 9.78 Å². The molecule has 0 amide bonds. The lowest BCUT2D eigenvalue weighted by Crippen LogP contribution is -2.38. The number of rotatable bonds is 2. The zero-order chi connectivity index (χ0) is 14.5. The van der Waals surface area contributed by atoms with Gasteiger partial charge >= 0.3 is 5.97 Å². The maximum Gasteiger partial charge on any atom is 0.338 e. The van der Waals surface area contributed by atoms with E-state index >= 15 is 0 Å². The summed E-state index contributed by atoms with van der Waals surface area (Å²) in [7, 11) is 0. The molecule has 2 aliphatic rings. The van der Waals surface area contributed by atoms with E-state index < -0.39 is 0 Å². The van der Waals surface area contributed by atoms with Gasteiger partial charge in [0.15, 0.2) is 0 Å². The molecule has 2 bridgehead atoms. The zero-order valence-electron chi connectivity index (χ0n) is 12.1. The van der Waals surface area contributed by atoms with Crippen LogP contribution in [0.4, 0.5) is 0 Å². The molecule has 0 radical (unpaired) electrons. The number of aromatic nitrogens is 1. The first-order valence-corrected chi connectivity index (χ1v) is 7.96. The maximum absolute atomic E-state index is 12.3. The highest BCUT2D eigenvalue weighted by Crippen LogP contribution is 2.66. The van der Waals surface area contributed by atoms with Crippen LogP contribution < -0.4 is 0 Å². The molecule has 0 aliphatic heterocycles. The summed E-state index contributed by atoms with van der Waals surface area (Å²) in [5, 5.41) is 0. The molecule has 4 heteroatoms. The summed E-state index contributed by atoms with van der Waals surface area (Å²) in [6, 6.07) is 3.41. The average Bonchev–Trinajstić information content (AvgIpc) is 2.72. The first kappa shape index (κ1) is 14.1. The van der Waals surface area contributed by atoms with Crippen molar-refractivity contribution in [2.24, 2.45) is 16.7 Å². The van der Waals surface area contributed by atoms with Crippen LogP contribution in [0.3, 0.4) is 0 Å². The van der Waals surface area contributed by atoms with Crippen molar-refractivity contribution in [3.8, 4) is 0 Å². The van der Waals surface area contributed by atoms with Gasteiger partial charge < -0.3 is 4.74 Å². The largest absolute Gasteiger partial charge is 0.458 e. The molecule has 2 fully saturated rings. The number of hydrogen-bond donors (Lipinski definition) is 0. The van der Waals surface area contributed by atoms with Gasteiger partial charge in [0.25, 0.3) is 0 Å². The van der Waals surface area contributed by atoms with Gasteiger partial charge in [0.05, 0.1) is 5.56 Å². The Kier molecular flexibility index (Phi) is 3.20. The highest BCUT2D eigenvalue weighted by atomic mass is 79.9. The number of halogens is 1. The number of esters is 1. The number of carbonyl (C=O) groups is 1. The van der Waals surface area contributed by atoms with Gasteiger partial charge in [0.1, 0.15) is 10.7 Å². The van der Waals surface area contributed by atoms with Crippen molar-refractivity contribution in [2.45, 2.75) is 46.1 Å². The number of carbonyl (C=O) groups excluding carboxylic acids is 1. The fourth-order valence-corrected chi connectivity index (χ4v) is 4.40. The number of pyridine rings is 1. The summed E-state index contributed by atoms with van der Waals surface area (Å²) in [5.41, 5.74) is 0.935. The van der Waals surface area contributed by atoms with Gasteiger partial charge in [-0.3, -0.25) is 0 Å². The Bertz CT molecular complexity index is 557. The van der Waals surface area contributed by atoms with Gasteiger partial charge in [-0.05, 0) is 58.7 Å². The average molecular weight is 338 g/mol. The van der Waals surface area contributed by atoms with Crippen LogP contribution >= 0.6 is 15.9 Å². The van der Waals surface area contributed by atoms with Crippen molar-refractivity contribution >= 4 is 21.9 Å². The number of ether oxygens (including phenoxy) is 1. The zero-order valence-corrected chi connectivity index (χ0v) is 13.7. The smallest absolute Gasteiger partial charge is 0.338 e. The van der Waals surface area contributed by atoms with Crippen molar-refractivity contribution in [1.29, 1.82) is 0 Å². The van der Waals surface area contributed by atoms with E-state index in [4.69, 9.17) is 4.74 Å². The Morgan fingerprint density at radius 3 is 2.75 bits per heavy atom. The van der Waals surface area contributed by atoms with Gasteiger partial charge in [0, 0.05) is 11.6 Å². The second-order valence-corrected chi connectivity index (χ2v) is 7.68. The molecule has 3 atom stereocenters. The lowest BCUT2D eigenvalue weighted by Gasteiger charge is -2.38. The molecule has 1 aromatic rings. The van der Waals surface area contributed by atoms with E-state index in [-0.39, 0.29) is 22.9 Å². The molecule has 0 spiro atoms. The lowest BCUT2D eigenvalue weighted by atomic mass is 9.70. The van der Waals surface area contributed by atoms with E-state index in [0.717, 1.165) is 12.8 Å². The fourth-order valence-electron chi connectivity index (χ4n) is 4.04. The highest BCUT2D eigenvalue weighted by Gasteiger charge is 2.62. The van der Waals surface area contributed by atoms with Crippen molar-refractivity contribution in [3.05, 3.63) is 28.5 Å². The summed E-state index contributed by atoms with van der Waals surface area (Å²) >= 11 is 3.29. The van der Waals surface area contributed by atoms with Crippen LogP contribution in [0.2, 0.25) is 0 Å². The first-order chi connectivity index (χ1) is 9.34. The third kappa shape index (κ3) is 1.92. The molecule has 3 unspecified atom stereocenters. The van der Waals surface area contributed by atoms with Gasteiger partial charge in [0.2, 0.25) is 0 Å². The van der Waals surface area contributed by atoms with Crippen molar-refractivity contribution in [2.75, 3.05) is 0 Å². The number of fused-ring (bicyclic) bond motifs is 2. The van der Waals surface area contributed by atoms with E-state index in [9.17, 15) is 4.79 Å². The van der Waals surface area contributed by atoms with Crippen molar-refractivity contribution in [1.82, 2.24) is 4.98 Å². The summed E-state index contributed by atoms with van der Waals surface area (Å²) < 4.78 is 6.50. The molecule has 0 N–H and O–H groups in total.